The predicted octanol–water partition coefficient (Wildman–Crippen LogP) is 7.20. The van der Waals surface area contributed by atoms with Crippen LogP contribution in [0.2, 0.25) is 0 Å². The van der Waals surface area contributed by atoms with Gasteiger partial charge in [0.15, 0.2) is 0 Å². The van der Waals surface area contributed by atoms with Gasteiger partial charge in [-0.25, -0.2) is 4.67 Å². The van der Waals surface area contributed by atoms with E-state index in [1.54, 1.807) is 0 Å². The van der Waals surface area contributed by atoms with Crippen LogP contribution in [0.4, 0.5) is 0 Å². The minimum absolute atomic E-state index is 0.373. The van der Waals surface area contributed by atoms with Crippen molar-refractivity contribution in [3.05, 3.63) is 0 Å². The van der Waals surface area contributed by atoms with E-state index in [2.05, 4.69) is 38.4 Å². The van der Waals surface area contributed by atoms with E-state index < -0.39 is 8.53 Å². The van der Waals surface area contributed by atoms with Crippen LogP contribution in [-0.2, 0) is 9.05 Å². The van der Waals surface area contributed by atoms with Crippen molar-refractivity contribution in [2.45, 2.75) is 117 Å². The van der Waals surface area contributed by atoms with Gasteiger partial charge >= 0.3 is 0 Å². The molecule has 0 aromatic carbocycles. The molecule has 0 N–H and O–H groups in total. The van der Waals surface area contributed by atoms with E-state index >= 15 is 0 Å². The molecule has 0 aliphatic heterocycles. The second-order valence-corrected chi connectivity index (χ2v) is 9.89. The fourth-order valence-electron chi connectivity index (χ4n) is 4.00. The first-order chi connectivity index (χ1) is 13.1. The molecule has 0 amide bonds. The van der Waals surface area contributed by atoms with Gasteiger partial charge in [0.25, 0.3) is 8.53 Å². The zero-order chi connectivity index (χ0) is 19.9. The average Bonchev–Trinajstić information content (AvgIpc) is 2.58. The molecule has 5 heteroatoms. The normalized spacial score (nSPS) is 17.9. The van der Waals surface area contributed by atoms with Crippen LogP contribution in [0.5, 0.6) is 0 Å². The van der Waals surface area contributed by atoms with Gasteiger partial charge in [0.1, 0.15) is 0 Å². The Morgan fingerprint density at radius 2 is 1.48 bits per heavy atom. The summed E-state index contributed by atoms with van der Waals surface area (Å²) < 4.78 is 14.4. The Bertz CT molecular complexity index is 382. The fourth-order valence-corrected chi connectivity index (χ4v) is 5.63. The molecule has 0 saturated heterocycles. The first-order valence-corrected chi connectivity index (χ1v) is 12.4. The van der Waals surface area contributed by atoms with Crippen LogP contribution in [0.3, 0.4) is 0 Å². The summed E-state index contributed by atoms with van der Waals surface area (Å²) in [6.07, 6.45) is 15.6. The van der Waals surface area contributed by atoms with E-state index in [1.165, 1.54) is 64.2 Å². The van der Waals surface area contributed by atoms with Crippen molar-refractivity contribution in [3.63, 3.8) is 0 Å². The van der Waals surface area contributed by atoms with Gasteiger partial charge in [0.2, 0.25) is 0 Å². The highest BCUT2D eigenvalue weighted by Gasteiger charge is 2.26. The molecule has 0 radical (unpaired) electrons. The first-order valence-electron chi connectivity index (χ1n) is 11.3. The molecule has 0 heterocycles. The van der Waals surface area contributed by atoms with Crippen molar-refractivity contribution in [3.8, 4) is 6.07 Å². The molecule has 1 atom stereocenters. The van der Waals surface area contributed by atoms with Crippen LogP contribution < -0.4 is 0 Å². The lowest BCUT2D eigenvalue weighted by molar-refractivity contribution is 0.174. The predicted molar refractivity (Wildman–Crippen MR) is 115 cm³/mol. The largest absolute Gasteiger partial charge is 0.322 e. The van der Waals surface area contributed by atoms with Gasteiger partial charge in [-0.15, -0.1) is 0 Å². The average molecular weight is 399 g/mol. The molecule has 4 nitrogen and oxygen atoms in total. The number of rotatable bonds is 13. The molecule has 27 heavy (non-hydrogen) atoms. The number of unbranched alkanes of at least 4 members (excludes halogenated alkanes) is 2. The van der Waals surface area contributed by atoms with E-state index in [0.717, 1.165) is 18.9 Å². The van der Waals surface area contributed by atoms with Gasteiger partial charge in [0.05, 0.1) is 25.7 Å². The lowest BCUT2D eigenvalue weighted by atomic mass is 9.87. The maximum atomic E-state index is 8.77. The van der Waals surface area contributed by atoms with Gasteiger partial charge in [-0.1, -0.05) is 64.2 Å². The van der Waals surface area contributed by atoms with Gasteiger partial charge in [-0.2, -0.15) is 5.26 Å². The highest BCUT2D eigenvalue weighted by molar-refractivity contribution is 7.44. The molecule has 0 spiro atoms. The molecular formula is C22H43N2O2P. The fraction of sp³-hybridized carbons (Fsp3) is 0.955. The second kappa shape index (κ2) is 15.7. The molecule has 0 bridgehead atoms. The molecule has 1 aliphatic carbocycles. The summed E-state index contributed by atoms with van der Waals surface area (Å²) in [5, 5.41) is 8.77. The van der Waals surface area contributed by atoms with Gasteiger partial charge in [-0.05, 0) is 40.0 Å². The summed E-state index contributed by atoms with van der Waals surface area (Å²) in [6.45, 7) is 9.95. The lowest BCUT2D eigenvalue weighted by Crippen LogP contribution is -2.33. The molecule has 1 rings (SSSR count). The summed E-state index contributed by atoms with van der Waals surface area (Å²) in [4.78, 5) is 0. The zero-order valence-corrected chi connectivity index (χ0v) is 19.2. The Hall–Kier alpha value is -0.200. The van der Waals surface area contributed by atoms with Crippen LogP contribution in [0, 0.1) is 17.2 Å². The lowest BCUT2D eigenvalue weighted by Gasteiger charge is -2.35. The topological polar surface area (TPSA) is 45.5 Å². The van der Waals surface area contributed by atoms with Crippen LogP contribution in [-0.4, -0.2) is 30.0 Å². The number of hydrogen-bond donors (Lipinski definition) is 0. The Morgan fingerprint density at radius 1 is 0.889 bits per heavy atom. The van der Waals surface area contributed by atoms with E-state index in [-0.39, 0.29) is 0 Å². The molecule has 1 aliphatic rings. The summed E-state index contributed by atoms with van der Waals surface area (Å²) in [7, 11) is -1.07. The van der Waals surface area contributed by atoms with Gasteiger partial charge in [0, 0.05) is 12.1 Å². The van der Waals surface area contributed by atoms with E-state index in [4.69, 9.17) is 14.3 Å². The maximum Gasteiger partial charge on any atom is 0.259 e. The number of hydrogen-bond acceptors (Lipinski definition) is 4. The summed E-state index contributed by atoms with van der Waals surface area (Å²) in [5.41, 5.74) is 0. The highest BCUT2D eigenvalue weighted by Crippen LogP contribution is 2.46. The Balaban J connectivity index is 2.27. The highest BCUT2D eigenvalue weighted by atomic mass is 31.2. The molecule has 0 aromatic rings. The number of nitriles is 1. The molecule has 1 saturated carbocycles. The minimum Gasteiger partial charge on any atom is -0.322 e. The van der Waals surface area contributed by atoms with Gasteiger partial charge < -0.3 is 9.05 Å². The Morgan fingerprint density at radius 3 is 2.07 bits per heavy atom. The Labute approximate surface area is 170 Å². The van der Waals surface area contributed by atoms with Crippen molar-refractivity contribution in [1.29, 1.82) is 5.26 Å². The smallest absolute Gasteiger partial charge is 0.259 e. The molecule has 1 fully saturated rings. The van der Waals surface area contributed by atoms with Crippen molar-refractivity contribution in [2.75, 3.05) is 13.2 Å². The summed E-state index contributed by atoms with van der Waals surface area (Å²) in [6, 6.07) is 2.90. The summed E-state index contributed by atoms with van der Waals surface area (Å²) >= 11 is 0. The van der Waals surface area contributed by atoms with Crippen molar-refractivity contribution >= 4 is 8.53 Å². The van der Waals surface area contributed by atoms with Crippen LogP contribution in [0.25, 0.3) is 0 Å². The van der Waals surface area contributed by atoms with Crippen LogP contribution >= 0.6 is 8.53 Å². The maximum absolute atomic E-state index is 8.77. The minimum atomic E-state index is -1.07. The first kappa shape index (κ1) is 24.8. The van der Waals surface area contributed by atoms with E-state index in [1.807, 2.05) is 0 Å². The van der Waals surface area contributed by atoms with Crippen LogP contribution in [0.15, 0.2) is 0 Å². The molecule has 158 valence electrons. The third-order valence-electron chi connectivity index (χ3n) is 5.35. The Kier molecular flexibility index (Phi) is 14.4. The third-order valence-corrected chi connectivity index (χ3v) is 7.45. The quantitative estimate of drug-likeness (QED) is 0.243. The number of nitrogens with zero attached hydrogens (tertiary/aromatic N) is 2. The SMILES string of the molecule is CC(C)N(C(C)C)P(OCCC#N)OCCCCCC1CCCCCCC1. The van der Waals surface area contributed by atoms with Crippen LogP contribution in [0.1, 0.15) is 105 Å². The van der Waals surface area contributed by atoms with Crippen molar-refractivity contribution < 1.29 is 9.05 Å². The third kappa shape index (κ3) is 11.4. The summed E-state index contributed by atoms with van der Waals surface area (Å²) in [5.74, 6) is 0.968. The van der Waals surface area contributed by atoms with E-state index in [0.29, 0.717) is 25.1 Å². The van der Waals surface area contributed by atoms with Gasteiger partial charge in [-0.3, -0.25) is 0 Å². The van der Waals surface area contributed by atoms with Crippen molar-refractivity contribution in [1.82, 2.24) is 4.67 Å². The zero-order valence-electron chi connectivity index (χ0n) is 18.3. The molecular weight excluding hydrogens is 355 g/mol. The molecule has 0 aromatic heterocycles. The second-order valence-electron chi connectivity index (χ2n) is 8.44. The molecule has 1 unspecified atom stereocenters. The van der Waals surface area contributed by atoms with Crippen molar-refractivity contribution in [2.24, 2.45) is 5.92 Å². The standard InChI is InChI=1S/C22H43N2O2P/c1-20(2)24(21(3)4)27(26-19-13-17-23)25-18-12-8-11-16-22-14-9-6-5-7-10-15-22/h20-22H,5-16,18-19H2,1-4H3. The monoisotopic (exact) mass is 398 g/mol. The van der Waals surface area contributed by atoms with E-state index in [9.17, 15) is 0 Å².